The van der Waals surface area contributed by atoms with Gasteiger partial charge in [-0.15, -0.1) is 0 Å². The van der Waals surface area contributed by atoms with E-state index in [9.17, 15) is 0 Å². The summed E-state index contributed by atoms with van der Waals surface area (Å²) < 4.78 is 2.31. The van der Waals surface area contributed by atoms with E-state index in [1.54, 1.807) is 0 Å². The molecule has 0 bridgehead atoms. The highest BCUT2D eigenvalue weighted by atomic mass is 14.9. The highest BCUT2D eigenvalue weighted by molar-refractivity contribution is 5.80. The zero-order valence-corrected chi connectivity index (χ0v) is 11.1. The molecule has 0 radical (unpaired) electrons. The van der Waals surface area contributed by atoms with Crippen LogP contribution in [0.2, 0.25) is 0 Å². The number of fused-ring (bicyclic) bond motifs is 1. The summed E-state index contributed by atoms with van der Waals surface area (Å²) in [6, 6.07) is 16.9. The molecule has 2 heteroatoms. The SMILES string of the molecule is Cc1ccc2c(ccn2CCc2ccc(N)cc2)c1. The van der Waals surface area contributed by atoms with Gasteiger partial charge in [0.05, 0.1) is 0 Å². The van der Waals surface area contributed by atoms with Gasteiger partial charge in [-0.3, -0.25) is 0 Å². The quantitative estimate of drug-likeness (QED) is 0.705. The lowest BCUT2D eigenvalue weighted by molar-refractivity contribution is 0.723. The first-order chi connectivity index (χ1) is 9.22. The lowest BCUT2D eigenvalue weighted by atomic mass is 10.1. The maximum atomic E-state index is 5.70. The first-order valence-electron chi connectivity index (χ1n) is 6.62. The van der Waals surface area contributed by atoms with Gasteiger partial charge in [0.1, 0.15) is 0 Å². The van der Waals surface area contributed by atoms with Crippen LogP contribution in [0.5, 0.6) is 0 Å². The van der Waals surface area contributed by atoms with Crippen LogP contribution in [-0.4, -0.2) is 4.57 Å². The molecule has 0 saturated carbocycles. The van der Waals surface area contributed by atoms with Crippen LogP contribution in [0.25, 0.3) is 10.9 Å². The monoisotopic (exact) mass is 250 g/mol. The first kappa shape index (κ1) is 11.8. The number of nitrogen functional groups attached to an aromatic ring is 1. The lowest BCUT2D eigenvalue weighted by Gasteiger charge is -2.06. The third-order valence-electron chi connectivity index (χ3n) is 3.55. The van der Waals surface area contributed by atoms with Gasteiger partial charge in [0, 0.05) is 23.9 Å². The molecule has 1 heterocycles. The third-order valence-corrected chi connectivity index (χ3v) is 3.55. The number of anilines is 1. The Hall–Kier alpha value is -2.22. The molecule has 0 aliphatic heterocycles. The topological polar surface area (TPSA) is 30.9 Å². The Morgan fingerprint density at radius 3 is 2.58 bits per heavy atom. The van der Waals surface area contributed by atoms with Crippen LogP contribution in [0.3, 0.4) is 0 Å². The molecule has 96 valence electrons. The fourth-order valence-corrected chi connectivity index (χ4v) is 2.45. The van der Waals surface area contributed by atoms with E-state index >= 15 is 0 Å². The van der Waals surface area contributed by atoms with Gasteiger partial charge in [-0.2, -0.15) is 0 Å². The van der Waals surface area contributed by atoms with Crippen LogP contribution < -0.4 is 5.73 Å². The highest BCUT2D eigenvalue weighted by Gasteiger charge is 2.01. The van der Waals surface area contributed by atoms with Crippen LogP contribution in [-0.2, 0) is 13.0 Å². The Morgan fingerprint density at radius 1 is 1.00 bits per heavy atom. The second-order valence-corrected chi connectivity index (χ2v) is 5.06. The number of nitrogens with two attached hydrogens (primary N) is 1. The molecule has 0 unspecified atom stereocenters. The van der Waals surface area contributed by atoms with Gasteiger partial charge in [-0.05, 0) is 54.6 Å². The number of aromatic nitrogens is 1. The van der Waals surface area contributed by atoms with Gasteiger partial charge in [0.25, 0.3) is 0 Å². The van der Waals surface area contributed by atoms with Gasteiger partial charge in [0.15, 0.2) is 0 Å². The van der Waals surface area contributed by atoms with Gasteiger partial charge in [-0.1, -0.05) is 23.8 Å². The molecule has 0 amide bonds. The van der Waals surface area contributed by atoms with E-state index in [2.05, 4.69) is 54.1 Å². The maximum absolute atomic E-state index is 5.70. The first-order valence-corrected chi connectivity index (χ1v) is 6.62. The lowest BCUT2D eigenvalue weighted by Crippen LogP contribution is -1.99. The van der Waals surface area contributed by atoms with Crippen molar-refractivity contribution < 1.29 is 0 Å². The van der Waals surface area contributed by atoms with Crippen LogP contribution in [0.1, 0.15) is 11.1 Å². The molecule has 2 aromatic carbocycles. The fourth-order valence-electron chi connectivity index (χ4n) is 2.45. The van der Waals surface area contributed by atoms with Crippen LogP contribution in [0.15, 0.2) is 54.7 Å². The molecule has 19 heavy (non-hydrogen) atoms. The van der Waals surface area contributed by atoms with E-state index in [1.165, 1.54) is 22.0 Å². The number of hydrogen-bond acceptors (Lipinski definition) is 1. The van der Waals surface area contributed by atoms with Crippen molar-refractivity contribution in [3.05, 3.63) is 65.9 Å². The molecular weight excluding hydrogens is 232 g/mol. The van der Waals surface area contributed by atoms with Gasteiger partial charge in [-0.25, -0.2) is 0 Å². The zero-order chi connectivity index (χ0) is 13.2. The summed E-state index contributed by atoms with van der Waals surface area (Å²) in [5, 5.41) is 1.32. The number of nitrogens with zero attached hydrogens (tertiary/aromatic N) is 1. The van der Waals surface area contributed by atoms with Crippen molar-refractivity contribution in [3.8, 4) is 0 Å². The Bertz CT molecular complexity index is 693. The van der Waals surface area contributed by atoms with Crippen molar-refractivity contribution in [2.75, 3.05) is 5.73 Å². The number of benzene rings is 2. The van der Waals surface area contributed by atoms with Crippen molar-refractivity contribution in [1.82, 2.24) is 4.57 Å². The Balaban J connectivity index is 1.80. The molecule has 0 atom stereocenters. The van der Waals surface area contributed by atoms with Gasteiger partial charge >= 0.3 is 0 Å². The number of aryl methyl sites for hydroxylation is 3. The van der Waals surface area contributed by atoms with E-state index in [-0.39, 0.29) is 0 Å². The van der Waals surface area contributed by atoms with E-state index < -0.39 is 0 Å². The molecule has 0 aliphatic rings. The molecule has 3 aromatic rings. The van der Waals surface area contributed by atoms with Crippen molar-refractivity contribution in [2.24, 2.45) is 0 Å². The van der Waals surface area contributed by atoms with E-state index in [0.717, 1.165) is 18.7 Å². The molecule has 0 spiro atoms. The predicted molar refractivity (Wildman–Crippen MR) is 81.2 cm³/mol. The molecule has 0 saturated heterocycles. The average molecular weight is 250 g/mol. The molecule has 3 rings (SSSR count). The third kappa shape index (κ3) is 2.48. The van der Waals surface area contributed by atoms with Crippen molar-refractivity contribution in [3.63, 3.8) is 0 Å². The summed E-state index contributed by atoms with van der Waals surface area (Å²) in [6.07, 6.45) is 3.19. The van der Waals surface area contributed by atoms with Crippen molar-refractivity contribution >= 4 is 16.6 Å². The molecule has 0 fully saturated rings. The van der Waals surface area contributed by atoms with E-state index in [4.69, 9.17) is 5.73 Å². The molecule has 2 nitrogen and oxygen atoms in total. The van der Waals surface area contributed by atoms with Crippen LogP contribution >= 0.6 is 0 Å². The zero-order valence-electron chi connectivity index (χ0n) is 11.1. The summed E-state index contributed by atoms with van der Waals surface area (Å²) in [4.78, 5) is 0. The van der Waals surface area contributed by atoms with E-state index in [0.29, 0.717) is 0 Å². The van der Waals surface area contributed by atoms with Crippen molar-refractivity contribution in [2.45, 2.75) is 19.9 Å². The number of hydrogen-bond donors (Lipinski definition) is 1. The number of rotatable bonds is 3. The molecule has 0 aliphatic carbocycles. The average Bonchev–Trinajstić information content (AvgIpc) is 2.80. The Labute approximate surface area is 113 Å². The molecule has 2 N–H and O–H groups in total. The normalized spacial score (nSPS) is 11.0. The van der Waals surface area contributed by atoms with Gasteiger partial charge in [0.2, 0.25) is 0 Å². The molecule has 1 aromatic heterocycles. The van der Waals surface area contributed by atoms with Crippen molar-refractivity contribution in [1.29, 1.82) is 0 Å². The second kappa shape index (κ2) is 4.81. The minimum absolute atomic E-state index is 0.825. The summed E-state index contributed by atoms with van der Waals surface area (Å²) >= 11 is 0. The minimum atomic E-state index is 0.825. The second-order valence-electron chi connectivity index (χ2n) is 5.06. The van der Waals surface area contributed by atoms with Crippen LogP contribution in [0, 0.1) is 6.92 Å². The van der Waals surface area contributed by atoms with Crippen LogP contribution in [0.4, 0.5) is 5.69 Å². The fraction of sp³-hybridized carbons (Fsp3) is 0.176. The largest absolute Gasteiger partial charge is 0.399 e. The summed E-state index contributed by atoms with van der Waals surface area (Å²) in [5.41, 5.74) is 10.5. The smallest absolute Gasteiger partial charge is 0.0480 e. The summed E-state index contributed by atoms with van der Waals surface area (Å²) in [6.45, 7) is 3.13. The Kier molecular flexibility index (Phi) is 3.00. The Morgan fingerprint density at radius 2 is 1.79 bits per heavy atom. The minimum Gasteiger partial charge on any atom is -0.399 e. The summed E-state index contributed by atoms with van der Waals surface area (Å²) in [5.74, 6) is 0. The summed E-state index contributed by atoms with van der Waals surface area (Å²) in [7, 11) is 0. The predicted octanol–water partition coefficient (Wildman–Crippen LogP) is 3.77. The standard InChI is InChI=1S/C17H18N2/c1-13-2-7-17-15(12-13)9-11-19(17)10-8-14-3-5-16(18)6-4-14/h2-7,9,11-12H,8,10,18H2,1H3. The molecular formula is C17H18N2. The van der Waals surface area contributed by atoms with E-state index in [1.807, 2.05) is 12.1 Å². The maximum Gasteiger partial charge on any atom is 0.0480 e. The van der Waals surface area contributed by atoms with Gasteiger partial charge < -0.3 is 10.3 Å². The highest BCUT2D eigenvalue weighted by Crippen LogP contribution is 2.18.